The van der Waals surface area contributed by atoms with Crippen LogP contribution in [0.3, 0.4) is 0 Å². The van der Waals surface area contributed by atoms with Crippen molar-refractivity contribution in [3.8, 4) is 0 Å². The summed E-state index contributed by atoms with van der Waals surface area (Å²) in [4.78, 5) is 4.57. The SMILES string of the molecule is OC(Cc1ccc2ccccc2n1)c1ccsc1. The molecule has 90 valence electrons. The van der Waals surface area contributed by atoms with E-state index in [4.69, 9.17) is 0 Å². The number of thiophene rings is 1. The summed E-state index contributed by atoms with van der Waals surface area (Å²) in [5.41, 5.74) is 2.87. The number of rotatable bonds is 3. The summed E-state index contributed by atoms with van der Waals surface area (Å²) in [5, 5.41) is 15.2. The zero-order valence-electron chi connectivity index (χ0n) is 9.78. The summed E-state index contributed by atoms with van der Waals surface area (Å²) in [6, 6.07) is 14.0. The minimum absolute atomic E-state index is 0.468. The van der Waals surface area contributed by atoms with Gasteiger partial charge < -0.3 is 5.11 Å². The van der Waals surface area contributed by atoms with Crippen molar-refractivity contribution in [3.63, 3.8) is 0 Å². The normalized spacial score (nSPS) is 12.7. The third kappa shape index (κ3) is 2.28. The summed E-state index contributed by atoms with van der Waals surface area (Å²) in [7, 11) is 0. The molecule has 2 heterocycles. The fourth-order valence-corrected chi connectivity index (χ4v) is 2.71. The predicted octanol–water partition coefficient (Wildman–Crippen LogP) is 3.57. The second kappa shape index (κ2) is 4.88. The third-order valence-electron chi connectivity index (χ3n) is 2.99. The second-order valence-electron chi connectivity index (χ2n) is 4.27. The Balaban J connectivity index is 1.86. The highest BCUT2D eigenvalue weighted by atomic mass is 32.1. The molecular formula is C15H13NOS. The third-order valence-corrected chi connectivity index (χ3v) is 3.69. The summed E-state index contributed by atoms with van der Waals surface area (Å²) >= 11 is 1.60. The minimum atomic E-state index is -0.468. The van der Waals surface area contributed by atoms with Crippen molar-refractivity contribution in [3.05, 3.63) is 64.5 Å². The van der Waals surface area contributed by atoms with E-state index in [0.29, 0.717) is 6.42 Å². The van der Waals surface area contributed by atoms with Gasteiger partial charge >= 0.3 is 0 Å². The van der Waals surface area contributed by atoms with Gasteiger partial charge in [-0.1, -0.05) is 24.3 Å². The lowest BCUT2D eigenvalue weighted by Crippen LogP contribution is -2.02. The molecule has 0 bridgehead atoms. The Morgan fingerprint density at radius 3 is 2.83 bits per heavy atom. The second-order valence-corrected chi connectivity index (χ2v) is 5.05. The first-order valence-corrected chi connectivity index (χ1v) is 6.82. The van der Waals surface area contributed by atoms with Gasteiger partial charge in [0.25, 0.3) is 0 Å². The van der Waals surface area contributed by atoms with E-state index in [1.165, 1.54) is 0 Å². The molecule has 0 radical (unpaired) electrons. The van der Waals surface area contributed by atoms with Crippen LogP contribution in [0.5, 0.6) is 0 Å². The molecule has 1 atom stereocenters. The molecule has 0 aliphatic heterocycles. The average molecular weight is 255 g/mol. The number of aliphatic hydroxyl groups excluding tert-OH is 1. The van der Waals surface area contributed by atoms with Gasteiger partial charge in [-0.15, -0.1) is 0 Å². The van der Waals surface area contributed by atoms with Gasteiger partial charge in [0.15, 0.2) is 0 Å². The number of benzene rings is 1. The average Bonchev–Trinajstić information content (AvgIpc) is 2.92. The number of hydrogen-bond donors (Lipinski definition) is 1. The van der Waals surface area contributed by atoms with Gasteiger partial charge in [0.2, 0.25) is 0 Å². The van der Waals surface area contributed by atoms with Crippen molar-refractivity contribution in [1.82, 2.24) is 4.98 Å². The van der Waals surface area contributed by atoms with Crippen LogP contribution >= 0.6 is 11.3 Å². The van der Waals surface area contributed by atoms with Crippen LogP contribution in [0.2, 0.25) is 0 Å². The number of hydrogen-bond acceptors (Lipinski definition) is 3. The topological polar surface area (TPSA) is 33.1 Å². The van der Waals surface area contributed by atoms with Crippen molar-refractivity contribution >= 4 is 22.2 Å². The summed E-state index contributed by atoms with van der Waals surface area (Å²) < 4.78 is 0. The van der Waals surface area contributed by atoms with Crippen molar-refractivity contribution in [2.24, 2.45) is 0 Å². The number of nitrogens with zero attached hydrogens (tertiary/aromatic N) is 1. The molecule has 3 aromatic rings. The van der Waals surface area contributed by atoms with Gasteiger partial charge in [-0.25, -0.2) is 0 Å². The first-order chi connectivity index (χ1) is 8.83. The molecule has 1 N–H and O–H groups in total. The van der Waals surface area contributed by atoms with Crippen molar-refractivity contribution in [1.29, 1.82) is 0 Å². The Morgan fingerprint density at radius 1 is 1.11 bits per heavy atom. The lowest BCUT2D eigenvalue weighted by atomic mass is 10.1. The van der Waals surface area contributed by atoms with E-state index in [1.807, 2.05) is 47.2 Å². The van der Waals surface area contributed by atoms with Crippen LogP contribution in [0.15, 0.2) is 53.2 Å². The van der Waals surface area contributed by atoms with Crippen LogP contribution in [-0.4, -0.2) is 10.1 Å². The Bertz CT molecular complexity index is 648. The van der Waals surface area contributed by atoms with E-state index in [0.717, 1.165) is 22.2 Å². The molecule has 0 saturated heterocycles. The highest BCUT2D eigenvalue weighted by molar-refractivity contribution is 7.07. The first-order valence-electron chi connectivity index (χ1n) is 5.88. The molecule has 3 rings (SSSR count). The fraction of sp³-hybridized carbons (Fsp3) is 0.133. The van der Waals surface area contributed by atoms with Crippen LogP contribution in [-0.2, 0) is 6.42 Å². The molecule has 0 aliphatic carbocycles. The van der Waals surface area contributed by atoms with E-state index < -0.39 is 6.10 Å². The smallest absolute Gasteiger partial charge is 0.0853 e. The van der Waals surface area contributed by atoms with Gasteiger partial charge in [-0.2, -0.15) is 11.3 Å². The zero-order valence-corrected chi connectivity index (χ0v) is 10.6. The molecule has 18 heavy (non-hydrogen) atoms. The van der Waals surface area contributed by atoms with Crippen molar-refractivity contribution in [2.45, 2.75) is 12.5 Å². The maximum Gasteiger partial charge on any atom is 0.0853 e. The van der Waals surface area contributed by atoms with Crippen LogP contribution < -0.4 is 0 Å². The van der Waals surface area contributed by atoms with E-state index in [1.54, 1.807) is 11.3 Å². The maximum absolute atomic E-state index is 10.1. The van der Waals surface area contributed by atoms with E-state index in [9.17, 15) is 5.11 Å². The molecular weight excluding hydrogens is 242 g/mol. The predicted molar refractivity (Wildman–Crippen MR) is 74.7 cm³/mol. The molecule has 2 aromatic heterocycles. The fourth-order valence-electron chi connectivity index (χ4n) is 2.00. The zero-order chi connectivity index (χ0) is 12.4. The molecule has 2 nitrogen and oxygen atoms in total. The van der Waals surface area contributed by atoms with Crippen molar-refractivity contribution < 1.29 is 5.11 Å². The summed E-state index contributed by atoms with van der Waals surface area (Å²) in [6.07, 6.45) is 0.0894. The Hall–Kier alpha value is -1.71. The number of fused-ring (bicyclic) bond motifs is 1. The van der Waals surface area contributed by atoms with E-state index >= 15 is 0 Å². The number of aromatic nitrogens is 1. The lowest BCUT2D eigenvalue weighted by Gasteiger charge is -2.08. The molecule has 0 saturated carbocycles. The van der Waals surface area contributed by atoms with Crippen molar-refractivity contribution in [2.75, 3.05) is 0 Å². The highest BCUT2D eigenvalue weighted by Crippen LogP contribution is 2.21. The van der Waals surface area contributed by atoms with E-state index in [2.05, 4.69) is 11.1 Å². The largest absolute Gasteiger partial charge is 0.388 e. The van der Waals surface area contributed by atoms with Crippen LogP contribution in [0.1, 0.15) is 17.4 Å². The molecule has 0 fully saturated rings. The number of para-hydroxylation sites is 1. The molecule has 0 aliphatic rings. The van der Waals surface area contributed by atoms with Gasteiger partial charge in [0.1, 0.15) is 0 Å². The highest BCUT2D eigenvalue weighted by Gasteiger charge is 2.10. The van der Waals surface area contributed by atoms with Crippen LogP contribution in [0.25, 0.3) is 10.9 Å². The molecule has 0 amide bonds. The molecule has 0 spiro atoms. The van der Waals surface area contributed by atoms with Crippen LogP contribution in [0, 0.1) is 0 Å². The Labute approximate surface area is 110 Å². The monoisotopic (exact) mass is 255 g/mol. The molecule has 3 heteroatoms. The number of aliphatic hydroxyl groups is 1. The Morgan fingerprint density at radius 2 is 2.00 bits per heavy atom. The van der Waals surface area contributed by atoms with E-state index in [-0.39, 0.29) is 0 Å². The first kappa shape index (κ1) is 11.4. The van der Waals surface area contributed by atoms with Gasteiger partial charge in [0.05, 0.1) is 11.6 Å². The standard InChI is InChI=1S/C15H13NOS/c17-15(12-7-8-18-10-12)9-13-6-5-11-3-1-2-4-14(11)16-13/h1-8,10,15,17H,9H2. The van der Waals surface area contributed by atoms with Gasteiger partial charge in [-0.05, 0) is 34.5 Å². The summed E-state index contributed by atoms with van der Waals surface area (Å²) in [5.74, 6) is 0. The van der Waals surface area contributed by atoms with Gasteiger partial charge in [0, 0.05) is 17.5 Å². The minimum Gasteiger partial charge on any atom is -0.388 e. The Kier molecular flexibility index (Phi) is 3.09. The van der Waals surface area contributed by atoms with Gasteiger partial charge in [-0.3, -0.25) is 4.98 Å². The quantitative estimate of drug-likeness (QED) is 0.776. The number of pyridine rings is 1. The summed E-state index contributed by atoms with van der Waals surface area (Å²) in [6.45, 7) is 0. The molecule has 1 unspecified atom stereocenters. The lowest BCUT2D eigenvalue weighted by molar-refractivity contribution is 0.178. The maximum atomic E-state index is 10.1. The van der Waals surface area contributed by atoms with Crippen LogP contribution in [0.4, 0.5) is 0 Å². The molecule has 1 aromatic carbocycles.